The van der Waals surface area contributed by atoms with Crippen LogP contribution in [0.4, 0.5) is 0 Å². The molecule has 0 rings (SSSR count). The van der Waals surface area contributed by atoms with Gasteiger partial charge in [0.1, 0.15) is 0 Å². The zero-order valence-electron chi connectivity index (χ0n) is 9.46. The molecule has 0 heterocycles. The molecule has 0 amide bonds. The monoisotopic (exact) mass is 205 g/mol. The summed E-state index contributed by atoms with van der Waals surface area (Å²) in [6.07, 6.45) is 0. The maximum absolute atomic E-state index is 6.08. The molecule has 0 aliphatic carbocycles. The summed E-state index contributed by atoms with van der Waals surface area (Å²) in [7, 11) is -2.14. The number of hydrogen-bond acceptors (Lipinski definition) is 3. The van der Waals surface area contributed by atoms with Crippen LogP contribution in [0.25, 0.3) is 0 Å². The van der Waals surface area contributed by atoms with Gasteiger partial charge in [0.2, 0.25) is 0 Å². The summed E-state index contributed by atoms with van der Waals surface area (Å²) in [5.41, 5.74) is 6.13. The van der Waals surface area contributed by atoms with Gasteiger partial charge in [-0.1, -0.05) is 13.8 Å². The Labute approximate surface area is 82.9 Å². The quantitative estimate of drug-likeness (QED) is 0.671. The van der Waals surface area contributed by atoms with Crippen LogP contribution in [-0.2, 0) is 8.85 Å². The van der Waals surface area contributed by atoms with Gasteiger partial charge in [-0.15, -0.1) is 0 Å². The fourth-order valence-corrected chi connectivity index (χ4v) is 4.24. The van der Waals surface area contributed by atoms with E-state index in [0.29, 0.717) is 19.1 Å². The van der Waals surface area contributed by atoms with Crippen molar-refractivity contribution in [1.29, 1.82) is 0 Å². The highest BCUT2D eigenvalue weighted by molar-refractivity contribution is 6.67. The highest BCUT2D eigenvalue weighted by atomic mass is 28.4. The Morgan fingerprint density at radius 1 is 1.15 bits per heavy atom. The molecule has 0 spiro atoms. The average molecular weight is 205 g/mol. The van der Waals surface area contributed by atoms with Gasteiger partial charge in [-0.3, -0.25) is 0 Å². The smallest absolute Gasteiger partial charge is 0.352 e. The zero-order chi connectivity index (χ0) is 10.5. The van der Waals surface area contributed by atoms with Gasteiger partial charge in [0.05, 0.1) is 5.67 Å². The summed E-state index contributed by atoms with van der Waals surface area (Å²) in [6, 6.07) is 0. The molecule has 3 nitrogen and oxygen atoms in total. The third kappa shape index (κ3) is 3.77. The van der Waals surface area contributed by atoms with Crippen LogP contribution in [0, 0.1) is 5.92 Å². The van der Waals surface area contributed by atoms with Gasteiger partial charge >= 0.3 is 8.56 Å². The van der Waals surface area contributed by atoms with Crippen molar-refractivity contribution in [3.05, 3.63) is 0 Å². The van der Waals surface area contributed by atoms with E-state index in [1.165, 1.54) is 0 Å². The molecule has 0 fully saturated rings. The summed E-state index contributed by atoms with van der Waals surface area (Å²) in [5, 5.41) is 0. The van der Waals surface area contributed by atoms with Crippen molar-refractivity contribution in [3.63, 3.8) is 0 Å². The standard InChI is InChI=1S/C9H23NO2Si/c1-6-11-13(5,12-7-2)9(10)8(3)4/h8-9H,6-7,10H2,1-5H3. The molecule has 0 aromatic carbocycles. The molecule has 2 N–H and O–H groups in total. The first-order valence-electron chi connectivity index (χ1n) is 5.01. The van der Waals surface area contributed by atoms with Crippen LogP contribution in [0.5, 0.6) is 0 Å². The molecule has 80 valence electrons. The van der Waals surface area contributed by atoms with Crippen molar-refractivity contribution < 1.29 is 8.85 Å². The second-order valence-corrected chi connectivity index (χ2v) is 6.93. The van der Waals surface area contributed by atoms with Crippen molar-refractivity contribution >= 4 is 8.56 Å². The Balaban J connectivity index is 4.36. The first-order chi connectivity index (χ1) is 5.98. The highest BCUT2D eigenvalue weighted by Gasteiger charge is 2.40. The molecule has 0 aromatic heterocycles. The van der Waals surface area contributed by atoms with Gasteiger partial charge < -0.3 is 14.6 Å². The van der Waals surface area contributed by atoms with E-state index in [2.05, 4.69) is 13.8 Å². The van der Waals surface area contributed by atoms with Crippen LogP contribution in [0.2, 0.25) is 6.55 Å². The topological polar surface area (TPSA) is 44.5 Å². The van der Waals surface area contributed by atoms with E-state index in [4.69, 9.17) is 14.6 Å². The lowest BCUT2D eigenvalue weighted by atomic mass is 10.2. The molecular formula is C9H23NO2Si. The molecule has 4 heteroatoms. The van der Waals surface area contributed by atoms with E-state index in [1.54, 1.807) is 0 Å². The SMILES string of the molecule is CCO[Si](C)(OCC)C(N)C(C)C. The molecular weight excluding hydrogens is 182 g/mol. The van der Waals surface area contributed by atoms with E-state index >= 15 is 0 Å². The fourth-order valence-electron chi connectivity index (χ4n) is 1.41. The van der Waals surface area contributed by atoms with Gasteiger partial charge in [-0.2, -0.15) is 0 Å². The second kappa shape index (κ2) is 5.75. The van der Waals surface area contributed by atoms with Gasteiger partial charge in [-0.05, 0) is 26.3 Å². The second-order valence-electron chi connectivity index (χ2n) is 3.65. The van der Waals surface area contributed by atoms with E-state index in [0.717, 1.165) is 0 Å². The Bertz CT molecular complexity index is 136. The van der Waals surface area contributed by atoms with Crippen molar-refractivity contribution in [2.45, 2.75) is 39.9 Å². The van der Waals surface area contributed by atoms with Gasteiger partial charge in [0.15, 0.2) is 0 Å². The summed E-state index contributed by atoms with van der Waals surface area (Å²) in [4.78, 5) is 0. The first kappa shape index (κ1) is 13.1. The maximum atomic E-state index is 6.08. The van der Waals surface area contributed by atoms with Crippen LogP contribution in [0.3, 0.4) is 0 Å². The molecule has 0 saturated carbocycles. The molecule has 1 atom stereocenters. The van der Waals surface area contributed by atoms with Crippen molar-refractivity contribution in [3.8, 4) is 0 Å². The number of nitrogens with two attached hydrogens (primary N) is 1. The van der Waals surface area contributed by atoms with E-state index in [9.17, 15) is 0 Å². The van der Waals surface area contributed by atoms with Gasteiger partial charge in [0, 0.05) is 13.2 Å². The van der Waals surface area contributed by atoms with Crippen molar-refractivity contribution in [2.24, 2.45) is 11.7 Å². The maximum Gasteiger partial charge on any atom is 0.352 e. The van der Waals surface area contributed by atoms with Crippen LogP contribution in [-0.4, -0.2) is 27.4 Å². The summed E-state index contributed by atoms with van der Waals surface area (Å²) in [6.45, 7) is 11.6. The first-order valence-corrected chi connectivity index (χ1v) is 7.40. The molecule has 0 bridgehead atoms. The summed E-state index contributed by atoms with van der Waals surface area (Å²) < 4.78 is 11.4. The van der Waals surface area contributed by atoms with Crippen LogP contribution >= 0.6 is 0 Å². The largest absolute Gasteiger partial charge is 0.394 e. The third-order valence-corrected chi connectivity index (χ3v) is 5.79. The third-order valence-electron chi connectivity index (χ3n) is 2.19. The molecule has 0 aromatic rings. The Kier molecular flexibility index (Phi) is 5.79. The predicted octanol–water partition coefficient (Wildman–Crippen LogP) is 1.65. The Hall–Kier alpha value is 0.0969. The zero-order valence-corrected chi connectivity index (χ0v) is 10.5. The van der Waals surface area contributed by atoms with Crippen LogP contribution < -0.4 is 5.73 Å². The minimum atomic E-state index is -2.14. The van der Waals surface area contributed by atoms with Crippen LogP contribution in [0.1, 0.15) is 27.7 Å². The highest BCUT2D eigenvalue weighted by Crippen LogP contribution is 2.16. The Morgan fingerprint density at radius 3 is 1.77 bits per heavy atom. The summed E-state index contributed by atoms with van der Waals surface area (Å²) in [5.74, 6) is 0.412. The Morgan fingerprint density at radius 2 is 1.54 bits per heavy atom. The molecule has 0 aliphatic heterocycles. The van der Waals surface area contributed by atoms with Gasteiger partial charge in [0.25, 0.3) is 0 Å². The molecule has 0 radical (unpaired) electrons. The predicted molar refractivity (Wildman–Crippen MR) is 57.7 cm³/mol. The molecule has 13 heavy (non-hydrogen) atoms. The number of rotatable bonds is 6. The fraction of sp³-hybridized carbons (Fsp3) is 1.00. The van der Waals surface area contributed by atoms with Crippen molar-refractivity contribution in [2.75, 3.05) is 13.2 Å². The average Bonchev–Trinajstić information content (AvgIpc) is 2.03. The number of hydrogen-bond donors (Lipinski definition) is 1. The van der Waals surface area contributed by atoms with Crippen LogP contribution in [0.15, 0.2) is 0 Å². The molecule has 1 unspecified atom stereocenters. The normalized spacial score (nSPS) is 15.0. The van der Waals surface area contributed by atoms with E-state index in [-0.39, 0.29) is 5.67 Å². The minimum Gasteiger partial charge on any atom is -0.394 e. The summed E-state index contributed by atoms with van der Waals surface area (Å²) >= 11 is 0. The van der Waals surface area contributed by atoms with Crippen molar-refractivity contribution in [1.82, 2.24) is 0 Å². The van der Waals surface area contributed by atoms with E-state index in [1.807, 2.05) is 20.4 Å². The van der Waals surface area contributed by atoms with E-state index < -0.39 is 8.56 Å². The molecule has 0 saturated heterocycles. The lowest BCUT2D eigenvalue weighted by Crippen LogP contribution is -2.58. The lowest BCUT2D eigenvalue weighted by molar-refractivity contribution is 0.173. The molecule has 0 aliphatic rings. The minimum absolute atomic E-state index is 0.0485. The van der Waals surface area contributed by atoms with Gasteiger partial charge in [-0.25, -0.2) is 0 Å². The lowest BCUT2D eigenvalue weighted by Gasteiger charge is -2.33.